The fraction of sp³-hybridized carbons (Fsp3) is 0.111. The summed E-state index contributed by atoms with van der Waals surface area (Å²) in [6.07, 6.45) is 24.4. The van der Waals surface area contributed by atoms with Gasteiger partial charge in [0.05, 0.1) is 93.2 Å². The lowest BCUT2D eigenvalue weighted by Gasteiger charge is -2.02. The van der Waals surface area contributed by atoms with Gasteiger partial charge in [0.25, 0.3) is 0 Å². The smallest absolute Gasteiger partial charge is 0.333 e. The highest BCUT2D eigenvalue weighted by Gasteiger charge is 2.26. The van der Waals surface area contributed by atoms with Crippen LogP contribution in [0.5, 0.6) is 0 Å². The number of quaternary nitrogens is 1. The van der Waals surface area contributed by atoms with Crippen LogP contribution in [0.4, 0.5) is 0 Å². The number of aromatic amines is 4. The fourth-order valence-electron chi connectivity index (χ4n) is 6.71. The zero-order valence-corrected chi connectivity index (χ0v) is 26.9. The highest BCUT2D eigenvalue weighted by atomic mass is 15.1. The van der Waals surface area contributed by atoms with Crippen LogP contribution in [0, 0.1) is 0 Å². The van der Waals surface area contributed by atoms with Gasteiger partial charge in [-0.25, -0.2) is 39.4 Å². The van der Waals surface area contributed by atoms with Gasteiger partial charge in [0.1, 0.15) is 19.4 Å². The average molecular weight is 635 g/mol. The second-order valence-electron chi connectivity index (χ2n) is 12.5. The maximum Gasteiger partial charge on any atom is 0.333 e. The Labute approximate surface area is 274 Å². The van der Waals surface area contributed by atoms with Gasteiger partial charge in [0.15, 0.2) is 11.4 Å². The second kappa shape index (κ2) is 10.6. The Morgan fingerprint density at radius 1 is 0.646 bits per heavy atom. The molecule has 0 fully saturated rings. The molecule has 0 unspecified atom stereocenters. The van der Waals surface area contributed by atoms with E-state index in [-0.39, 0.29) is 0 Å². The Hall–Kier alpha value is -6.40. The first-order chi connectivity index (χ1) is 23.4. The van der Waals surface area contributed by atoms with Gasteiger partial charge < -0.3 is 14.5 Å². The van der Waals surface area contributed by atoms with E-state index in [1.807, 2.05) is 67.1 Å². The van der Waals surface area contributed by atoms with Crippen molar-refractivity contribution in [3.05, 3.63) is 96.4 Å². The first kappa shape index (κ1) is 27.9. The normalized spacial score (nSPS) is 13.8. The number of nitrogens with one attached hydrogen (secondary N) is 4. The van der Waals surface area contributed by atoms with E-state index in [2.05, 4.69) is 103 Å². The molecule has 0 aromatic carbocycles. The van der Waals surface area contributed by atoms with Crippen LogP contribution in [0.2, 0.25) is 0 Å². The van der Waals surface area contributed by atoms with Crippen LogP contribution in [0.15, 0.2) is 68.0 Å². The van der Waals surface area contributed by atoms with Gasteiger partial charge in [-0.3, -0.25) is 0 Å². The minimum absolute atomic E-state index is 0.822. The predicted octanol–water partition coefficient (Wildman–Crippen LogP) is 3.24. The third-order valence-corrected chi connectivity index (χ3v) is 8.89. The molecule has 8 bridgehead atoms. The third-order valence-electron chi connectivity index (χ3n) is 8.89. The summed E-state index contributed by atoms with van der Waals surface area (Å²) in [6, 6.07) is 8.47. The highest BCUT2D eigenvalue weighted by Crippen LogP contribution is 2.35. The molecule has 6 aromatic heterocycles. The highest BCUT2D eigenvalue weighted by molar-refractivity contribution is 5.97. The average Bonchev–Trinajstić information content (AvgIpc) is 3.89. The van der Waals surface area contributed by atoms with E-state index >= 15 is 0 Å². The van der Waals surface area contributed by atoms with Crippen molar-refractivity contribution in [2.45, 2.75) is 0 Å². The van der Waals surface area contributed by atoms with Gasteiger partial charge in [-0.15, -0.1) is 0 Å². The van der Waals surface area contributed by atoms with Crippen molar-refractivity contribution >= 4 is 58.4 Å². The summed E-state index contributed by atoms with van der Waals surface area (Å²) in [5, 5.41) is 2.13. The molecule has 48 heavy (non-hydrogen) atoms. The van der Waals surface area contributed by atoms with Crippen LogP contribution in [0.25, 0.3) is 85.8 Å². The molecular formula is C36H34N12+4. The quantitative estimate of drug-likeness (QED) is 0.257. The van der Waals surface area contributed by atoms with Gasteiger partial charge in [-0.1, -0.05) is 0 Å². The zero-order valence-electron chi connectivity index (χ0n) is 26.9. The molecule has 0 radical (unpaired) electrons. The maximum absolute atomic E-state index is 5.31. The summed E-state index contributed by atoms with van der Waals surface area (Å²) in [4.78, 5) is 29.8. The Bertz CT molecular complexity index is 2550. The molecular weight excluding hydrogens is 600 g/mol. The minimum Gasteiger partial charge on any atom is -0.354 e. The first-order valence-electron chi connectivity index (χ1n) is 15.7. The third kappa shape index (κ3) is 4.57. The van der Waals surface area contributed by atoms with E-state index in [1.165, 1.54) is 0 Å². The van der Waals surface area contributed by atoms with Crippen LogP contribution in [-0.2, 0) is 21.1 Å². The van der Waals surface area contributed by atoms with Crippen LogP contribution < -0.4 is 15.3 Å². The second-order valence-corrected chi connectivity index (χ2v) is 12.5. The number of aryl methyl sites for hydroxylation is 3. The van der Waals surface area contributed by atoms with Crippen LogP contribution >= 0.6 is 0 Å². The summed E-state index contributed by atoms with van der Waals surface area (Å²) in [6.45, 7) is 0. The molecule has 12 nitrogen and oxygen atoms in total. The van der Waals surface area contributed by atoms with E-state index in [4.69, 9.17) is 15.0 Å². The van der Waals surface area contributed by atoms with Crippen LogP contribution in [-0.4, -0.2) is 56.6 Å². The Balaban J connectivity index is 1.47. The van der Waals surface area contributed by atoms with Gasteiger partial charge in [0, 0.05) is 13.2 Å². The molecule has 0 amide bonds. The van der Waals surface area contributed by atoms with Gasteiger partial charge in [0.2, 0.25) is 24.6 Å². The Morgan fingerprint density at radius 2 is 1.15 bits per heavy atom. The zero-order chi connectivity index (χ0) is 32.5. The number of rotatable bonds is 4. The predicted molar refractivity (Wildman–Crippen MR) is 185 cm³/mol. The number of nitrogens with two attached hydrogens (primary N) is 1. The van der Waals surface area contributed by atoms with E-state index in [9.17, 15) is 0 Å². The molecule has 12 heteroatoms. The molecule has 6 aromatic rings. The molecule has 0 atom stereocenters. The molecule has 6 N–H and O–H groups in total. The lowest BCUT2D eigenvalue weighted by Crippen LogP contribution is -2.78. The monoisotopic (exact) mass is 634 g/mol. The molecule has 0 saturated carbocycles. The first-order valence-corrected chi connectivity index (χ1v) is 15.7. The molecule has 0 aliphatic carbocycles. The molecule has 9 rings (SSSR count). The number of nitrogens with zero attached hydrogens (tertiary/aromatic N) is 7. The number of imidazole rings is 3. The SMILES string of the molecule is Cn1cnc(-c2c3nc(c(-c4cn(C)c[nH+]4)c4ccc([nH]4)c(C4=C[N+](C)=C[NH2+]4)c4nc(c(-c5cn(C)c[nH+]5)c5ccc2[nH]5)C=C4)C=C3)c1. The summed E-state index contributed by atoms with van der Waals surface area (Å²) in [5.41, 5.74) is 14.8. The number of aromatic nitrogens is 10. The van der Waals surface area contributed by atoms with Crippen molar-refractivity contribution in [1.29, 1.82) is 0 Å². The lowest BCUT2D eigenvalue weighted by molar-refractivity contribution is -0.491. The van der Waals surface area contributed by atoms with Gasteiger partial charge in [-0.2, -0.15) is 4.58 Å². The Kier molecular flexibility index (Phi) is 6.14. The van der Waals surface area contributed by atoms with Crippen molar-refractivity contribution in [1.82, 2.24) is 38.6 Å². The molecule has 3 aliphatic rings. The maximum atomic E-state index is 5.31. The van der Waals surface area contributed by atoms with E-state index in [0.29, 0.717) is 0 Å². The number of fused-ring (bicyclic) bond motifs is 8. The van der Waals surface area contributed by atoms with Crippen molar-refractivity contribution in [2.75, 3.05) is 7.05 Å². The van der Waals surface area contributed by atoms with Crippen LogP contribution in [0.3, 0.4) is 0 Å². The van der Waals surface area contributed by atoms with Crippen molar-refractivity contribution in [3.8, 4) is 33.8 Å². The van der Waals surface area contributed by atoms with E-state index < -0.39 is 0 Å². The van der Waals surface area contributed by atoms with E-state index in [0.717, 1.165) is 89.9 Å². The van der Waals surface area contributed by atoms with Gasteiger partial charge >= 0.3 is 6.34 Å². The number of H-pyrrole nitrogens is 4. The van der Waals surface area contributed by atoms with Crippen molar-refractivity contribution in [3.63, 3.8) is 0 Å². The van der Waals surface area contributed by atoms with Crippen molar-refractivity contribution < 1.29 is 19.9 Å². The molecule has 3 aliphatic heterocycles. The summed E-state index contributed by atoms with van der Waals surface area (Å²) >= 11 is 0. The topological polar surface area (TPSA) is 133 Å². The molecule has 0 spiro atoms. The molecule has 234 valence electrons. The summed E-state index contributed by atoms with van der Waals surface area (Å²) < 4.78 is 8.04. The largest absolute Gasteiger partial charge is 0.354 e. The van der Waals surface area contributed by atoms with Gasteiger partial charge in [-0.05, 0) is 48.6 Å². The molecule has 9 heterocycles. The van der Waals surface area contributed by atoms with Crippen LogP contribution in [0.1, 0.15) is 28.3 Å². The van der Waals surface area contributed by atoms with Crippen molar-refractivity contribution in [2.24, 2.45) is 21.1 Å². The Morgan fingerprint density at radius 3 is 1.60 bits per heavy atom. The summed E-state index contributed by atoms with van der Waals surface area (Å²) in [7, 11) is 8.03. The fourth-order valence-corrected chi connectivity index (χ4v) is 6.71. The standard InChI is InChI=1S/C36H30N12/c1-45-13-29(37-17-45)33-21-5-7-23(41-21)34(30-14-46(2)18-38-30)25-9-11-27(43-25)36(32-16-48(4)20-40-32)28-12-10-26(44-28)35(24-8-6-22(33)42-24)31-15-47(3)19-39-31/h5-20H,1-4H3,(H2,41,42,43,44)/p+4. The summed E-state index contributed by atoms with van der Waals surface area (Å²) in [5.74, 6) is 0. The number of hydrogen-bond acceptors (Lipinski definition) is 3. The minimum atomic E-state index is 0.822. The molecule has 0 saturated heterocycles. The lowest BCUT2D eigenvalue weighted by atomic mass is 10.1. The van der Waals surface area contributed by atoms with E-state index in [1.54, 1.807) is 0 Å². The number of hydrogen-bond donors (Lipinski definition) is 3.